The lowest BCUT2D eigenvalue weighted by molar-refractivity contribution is 0.0199. The van der Waals surface area contributed by atoms with Gasteiger partial charge in [0.25, 0.3) is 0 Å². The summed E-state index contributed by atoms with van der Waals surface area (Å²) < 4.78 is 6.01. The van der Waals surface area contributed by atoms with Crippen molar-refractivity contribution in [3.05, 3.63) is 47.5 Å². The zero-order valence-corrected chi connectivity index (χ0v) is 13.0. The third kappa shape index (κ3) is 2.21. The Bertz CT molecular complexity index is 599. The smallest absolute Gasteiger partial charge is 0.0820 e. The second-order valence-electron chi connectivity index (χ2n) is 5.64. The lowest BCUT2D eigenvalue weighted by Gasteiger charge is -2.31. The number of rotatable bonds is 2. The molecule has 19 heavy (non-hydrogen) atoms. The maximum atomic E-state index is 6.01. The Morgan fingerprint density at radius 1 is 1.21 bits per heavy atom. The highest BCUT2D eigenvalue weighted by atomic mass is 79.9. The lowest BCUT2D eigenvalue weighted by Crippen LogP contribution is -2.29. The highest BCUT2D eigenvalue weighted by Crippen LogP contribution is 2.46. The van der Waals surface area contributed by atoms with Crippen molar-refractivity contribution in [2.45, 2.75) is 37.1 Å². The zero-order chi connectivity index (χ0) is 13.5. The van der Waals surface area contributed by atoms with Gasteiger partial charge in [-0.1, -0.05) is 52.3 Å². The number of alkyl halides is 1. The van der Waals surface area contributed by atoms with Crippen molar-refractivity contribution >= 4 is 26.7 Å². The fraction of sp³-hybridized carbons (Fsp3) is 0.412. The van der Waals surface area contributed by atoms with Crippen LogP contribution in [0.1, 0.15) is 35.7 Å². The summed E-state index contributed by atoms with van der Waals surface area (Å²) in [5.41, 5.74) is 2.62. The van der Waals surface area contributed by atoms with Crippen LogP contribution in [-0.4, -0.2) is 12.2 Å². The van der Waals surface area contributed by atoms with Crippen LogP contribution in [0.5, 0.6) is 0 Å². The molecule has 1 fully saturated rings. The summed E-state index contributed by atoms with van der Waals surface area (Å²) in [5, 5.41) is 2.63. The van der Waals surface area contributed by atoms with Gasteiger partial charge in [0.15, 0.2) is 0 Å². The van der Waals surface area contributed by atoms with Crippen molar-refractivity contribution in [3.8, 4) is 0 Å². The molecule has 0 aliphatic carbocycles. The van der Waals surface area contributed by atoms with Crippen LogP contribution in [0.3, 0.4) is 0 Å². The first-order chi connectivity index (χ1) is 9.12. The van der Waals surface area contributed by atoms with Gasteiger partial charge < -0.3 is 4.74 Å². The van der Waals surface area contributed by atoms with E-state index in [1.165, 1.54) is 21.9 Å². The largest absolute Gasteiger partial charge is 0.374 e. The maximum Gasteiger partial charge on any atom is 0.0820 e. The molecule has 1 aliphatic heterocycles. The molecule has 2 aromatic carbocycles. The summed E-state index contributed by atoms with van der Waals surface area (Å²) in [6, 6.07) is 13.0. The van der Waals surface area contributed by atoms with Gasteiger partial charge in [0.05, 0.1) is 10.4 Å². The van der Waals surface area contributed by atoms with Gasteiger partial charge in [-0.25, -0.2) is 0 Å². The van der Waals surface area contributed by atoms with Crippen LogP contribution in [0.2, 0.25) is 0 Å². The van der Waals surface area contributed by atoms with Crippen LogP contribution in [-0.2, 0) is 4.74 Å². The molecule has 2 heteroatoms. The van der Waals surface area contributed by atoms with E-state index in [0.717, 1.165) is 19.4 Å². The molecule has 100 valence electrons. The third-order valence-corrected chi connectivity index (χ3v) is 5.65. The second kappa shape index (κ2) is 4.92. The molecule has 2 atom stereocenters. The Morgan fingerprint density at radius 3 is 2.74 bits per heavy atom. The minimum Gasteiger partial charge on any atom is -0.374 e. The SMILES string of the molecule is Cc1ccc2ccccc2c1C(Br)C1(C)CCCO1. The van der Waals surface area contributed by atoms with Crippen LogP contribution in [0, 0.1) is 6.92 Å². The van der Waals surface area contributed by atoms with E-state index >= 15 is 0 Å². The van der Waals surface area contributed by atoms with E-state index in [4.69, 9.17) is 4.74 Å². The standard InChI is InChI=1S/C17H19BrO/c1-12-8-9-13-6-3-4-7-14(13)15(12)16(18)17(2)10-5-11-19-17/h3-4,6-9,16H,5,10-11H2,1-2H3. The van der Waals surface area contributed by atoms with E-state index in [-0.39, 0.29) is 10.4 Å². The first kappa shape index (κ1) is 13.1. The maximum absolute atomic E-state index is 6.01. The van der Waals surface area contributed by atoms with Gasteiger partial charge in [-0.3, -0.25) is 0 Å². The minimum atomic E-state index is -0.0884. The van der Waals surface area contributed by atoms with Gasteiger partial charge in [0, 0.05) is 6.61 Å². The molecule has 0 aromatic heterocycles. The number of benzene rings is 2. The van der Waals surface area contributed by atoms with Gasteiger partial charge in [-0.15, -0.1) is 0 Å². The quantitative estimate of drug-likeness (QED) is 0.695. The van der Waals surface area contributed by atoms with E-state index in [1.54, 1.807) is 0 Å². The van der Waals surface area contributed by atoms with E-state index in [0.29, 0.717) is 0 Å². The van der Waals surface area contributed by atoms with Crippen molar-refractivity contribution in [3.63, 3.8) is 0 Å². The lowest BCUT2D eigenvalue weighted by atomic mass is 9.88. The number of ether oxygens (including phenoxy) is 1. The molecule has 0 spiro atoms. The van der Waals surface area contributed by atoms with Gasteiger partial charge in [0.1, 0.15) is 0 Å². The third-order valence-electron chi connectivity index (χ3n) is 4.23. The molecular weight excluding hydrogens is 300 g/mol. The molecule has 0 amide bonds. The summed E-state index contributed by atoms with van der Waals surface area (Å²) in [5.74, 6) is 0. The fourth-order valence-corrected chi connectivity index (χ4v) is 4.02. The van der Waals surface area contributed by atoms with Crippen molar-refractivity contribution in [2.24, 2.45) is 0 Å². The van der Waals surface area contributed by atoms with E-state index in [9.17, 15) is 0 Å². The number of hydrogen-bond donors (Lipinski definition) is 0. The second-order valence-corrected chi connectivity index (χ2v) is 6.56. The predicted octanol–water partition coefficient (Wildman–Crippen LogP) is 5.15. The molecule has 1 aliphatic rings. The summed E-state index contributed by atoms with van der Waals surface area (Å²) in [4.78, 5) is 0.244. The summed E-state index contributed by atoms with van der Waals surface area (Å²) in [6.07, 6.45) is 2.27. The first-order valence-corrected chi connectivity index (χ1v) is 7.80. The normalized spacial score (nSPS) is 24.8. The number of fused-ring (bicyclic) bond motifs is 1. The molecular formula is C17H19BrO. The van der Waals surface area contributed by atoms with Gasteiger partial charge in [-0.2, -0.15) is 0 Å². The van der Waals surface area contributed by atoms with Crippen LogP contribution in [0.15, 0.2) is 36.4 Å². The van der Waals surface area contributed by atoms with E-state index in [2.05, 4.69) is 66.2 Å². The predicted molar refractivity (Wildman–Crippen MR) is 83.9 cm³/mol. The Balaban J connectivity index is 2.16. The molecule has 3 rings (SSSR count). The number of aryl methyl sites for hydroxylation is 1. The summed E-state index contributed by atoms with van der Waals surface area (Å²) >= 11 is 3.92. The molecule has 0 radical (unpaired) electrons. The fourth-order valence-electron chi connectivity index (χ4n) is 3.05. The monoisotopic (exact) mass is 318 g/mol. The molecule has 0 saturated carbocycles. The van der Waals surface area contributed by atoms with Crippen LogP contribution < -0.4 is 0 Å². The summed E-state index contributed by atoms with van der Waals surface area (Å²) in [6.45, 7) is 5.29. The van der Waals surface area contributed by atoms with Crippen LogP contribution in [0.4, 0.5) is 0 Å². The molecule has 1 heterocycles. The van der Waals surface area contributed by atoms with Crippen LogP contribution in [0.25, 0.3) is 10.8 Å². The summed E-state index contributed by atoms with van der Waals surface area (Å²) in [7, 11) is 0. The average molecular weight is 319 g/mol. The van der Waals surface area contributed by atoms with Gasteiger partial charge in [0.2, 0.25) is 0 Å². The van der Waals surface area contributed by atoms with Crippen molar-refractivity contribution in [1.29, 1.82) is 0 Å². The minimum absolute atomic E-state index is 0.0884. The van der Waals surface area contributed by atoms with E-state index < -0.39 is 0 Å². The Labute approximate surface area is 123 Å². The molecule has 2 unspecified atom stereocenters. The Hall–Kier alpha value is -0.860. The highest BCUT2D eigenvalue weighted by molar-refractivity contribution is 9.09. The molecule has 1 saturated heterocycles. The topological polar surface area (TPSA) is 9.23 Å². The van der Waals surface area contributed by atoms with Gasteiger partial charge in [-0.05, 0) is 48.6 Å². The number of halogens is 1. The van der Waals surface area contributed by atoms with Crippen LogP contribution >= 0.6 is 15.9 Å². The number of hydrogen-bond acceptors (Lipinski definition) is 1. The Morgan fingerprint density at radius 2 is 2.00 bits per heavy atom. The highest BCUT2D eigenvalue weighted by Gasteiger charge is 2.39. The van der Waals surface area contributed by atoms with Gasteiger partial charge >= 0.3 is 0 Å². The average Bonchev–Trinajstić information content (AvgIpc) is 2.86. The van der Waals surface area contributed by atoms with Crippen molar-refractivity contribution in [1.82, 2.24) is 0 Å². The molecule has 0 N–H and O–H groups in total. The molecule has 2 aromatic rings. The van der Waals surface area contributed by atoms with Crippen molar-refractivity contribution in [2.75, 3.05) is 6.61 Å². The molecule has 1 nitrogen and oxygen atoms in total. The molecule has 0 bridgehead atoms. The first-order valence-electron chi connectivity index (χ1n) is 6.88. The van der Waals surface area contributed by atoms with Crippen molar-refractivity contribution < 1.29 is 4.74 Å². The Kier molecular flexibility index (Phi) is 3.40. The van der Waals surface area contributed by atoms with E-state index in [1.807, 2.05) is 0 Å². The zero-order valence-electron chi connectivity index (χ0n) is 11.4.